The highest BCUT2D eigenvalue weighted by atomic mass is 16.5. The molecule has 0 radical (unpaired) electrons. The predicted octanol–water partition coefficient (Wildman–Crippen LogP) is 3.06. The van der Waals surface area contributed by atoms with Crippen molar-refractivity contribution in [3.63, 3.8) is 0 Å². The van der Waals surface area contributed by atoms with E-state index in [4.69, 9.17) is 9.47 Å². The van der Waals surface area contributed by atoms with Gasteiger partial charge in [-0.25, -0.2) is 9.59 Å². The molecule has 0 aliphatic carbocycles. The lowest BCUT2D eigenvalue weighted by Gasteiger charge is -2.14. The zero-order valence-electron chi connectivity index (χ0n) is 17.2. The van der Waals surface area contributed by atoms with Gasteiger partial charge in [-0.2, -0.15) is 0 Å². The Balaban J connectivity index is 1.96. The Kier molecular flexibility index (Phi) is 7.69. The summed E-state index contributed by atoms with van der Waals surface area (Å²) in [6.07, 6.45) is -1.14. The lowest BCUT2D eigenvalue weighted by Crippen LogP contribution is -2.46. The average Bonchev–Trinajstić information content (AvgIpc) is 2.67. The third kappa shape index (κ3) is 6.73. The molecule has 3 amide bonds. The molecule has 2 rings (SSSR count). The Labute approximate surface area is 174 Å². The lowest BCUT2D eigenvalue weighted by atomic mass is 10.0. The summed E-state index contributed by atoms with van der Waals surface area (Å²) in [6.45, 7) is 6.22. The number of hydrogen-bond donors (Lipinski definition) is 2. The maximum absolute atomic E-state index is 12.3. The highest BCUT2D eigenvalue weighted by molar-refractivity contribution is 5.98. The van der Waals surface area contributed by atoms with Gasteiger partial charge in [0.05, 0.1) is 5.56 Å². The molecule has 0 aliphatic rings. The van der Waals surface area contributed by atoms with Crippen LogP contribution in [0.2, 0.25) is 0 Å². The van der Waals surface area contributed by atoms with Gasteiger partial charge in [0.1, 0.15) is 5.75 Å². The fraction of sp³-hybridized carbons (Fsp3) is 0.273. The van der Waals surface area contributed by atoms with Gasteiger partial charge in [0.2, 0.25) is 0 Å². The topological polar surface area (TPSA) is 111 Å². The number of esters is 2. The quantitative estimate of drug-likeness (QED) is 0.557. The van der Waals surface area contributed by atoms with E-state index in [0.717, 1.165) is 11.1 Å². The molecule has 158 valence electrons. The summed E-state index contributed by atoms with van der Waals surface area (Å²) in [6, 6.07) is 12.8. The molecule has 0 aromatic heterocycles. The van der Waals surface area contributed by atoms with Crippen LogP contribution in [0.1, 0.15) is 38.1 Å². The predicted molar refractivity (Wildman–Crippen MR) is 110 cm³/mol. The first-order valence-electron chi connectivity index (χ1n) is 9.37. The number of hydrogen-bond acceptors (Lipinski definition) is 6. The minimum Gasteiger partial charge on any atom is -0.449 e. The van der Waals surface area contributed by atoms with E-state index >= 15 is 0 Å². The third-order valence-electron chi connectivity index (χ3n) is 3.88. The van der Waals surface area contributed by atoms with Crippen molar-refractivity contribution in [3.8, 4) is 16.9 Å². The fourth-order valence-electron chi connectivity index (χ4n) is 2.47. The number of carbonyl (C=O) groups is 4. The average molecular weight is 412 g/mol. The zero-order chi connectivity index (χ0) is 22.3. The van der Waals surface area contributed by atoms with E-state index < -0.39 is 30.0 Å². The molecule has 2 aromatic carbocycles. The fourth-order valence-corrected chi connectivity index (χ4v) is 2.47. The number of ether oxygens (including phenoxy) is 2. The van der Waals surface area contributed by atoms with Gasteiger partial charge >= 0.3 is 18.0 Å². The highest BCUT2D eigenvalue weighted by Gasteiger charge is 2.21. The number of rotatable bonds is 6. The second-order valence-corrected chi connectivity index (χ2v) is 6.86. The number of urea groups is 1. The van der Waals surface area contributed by atoms with E-state index in [1.807, 2.05) is 0 Å². The number of imide groups is 1. The third-order valence-corrected chi connectivity index (χ3v) is 3.88. The summed E-state index contributed by atoms with van der Waals surface area (Å²) >= 11 is 0. The van der Waals surface area contributed by atoms with Crippen LogP contribution < -0.4 is 15.4 Å². The Morgan fingerprint density at radius 1 is 0.833 bits per heavy atom. The lowest BCUT2D eigenvalue weighted by molar-refractivity contribution is -0.132. The summed E-state index contributed by atoms with van der Waals surface area (Å²) in [5, 5.41) is 4.63. The minimum atomic E-state index is -1.14. The second-order valence-electron chi connectivity index (χ2n) is 6.86. The molecule has 8 heteroatoms. The van der Waals surface area contributed by atoms with Crippen LogP contribution in [0.4, 0.5) is 4.79 Å². The van der Waals surface area contributed by atoms with Crippen molar-refractivity contribution in [2.75, 3.05) is 0 Å². The molecule has 0 heterocycles. The van der Waals surface area contributed by atoms with Crippen LogP contribution in [0.3, 0.4) is 0 Å². The molecule has 0 spiro atoms. The van der Waals surface area contributed by atoms with Crippen LogP contribution in [0, 0.1) is 0 Å². The Morgan fingerprint density at radius 3 is 1.87 bits per heavy atom. The maximum Gasteiger partial charge on any atom is 0.338 e. The van der Waals surface area contributed by atoms with E-state index in [2.05, 4.69) is 10.6 Å². The van der Waals surface area contributed by atoms with Crippen molar-refractivity contribution in [3.05, 3.63) is 54.1 Å². The van der Waals surface area contributed by atoms with Crippen molar-refractivity contribution < 1.29 is 28.7 Å². The summed E-state index contributed by atoms with van der Waals surface area (Å²) < 4.78 is 10.1. The van der Waals surface area contributed by atoms with Gasteiger partial charge in [-0.3, -0.25) is 14.9 Å². The molecule has 2 N–H and O–H groups in total. The molecule has 2 aromatic rings. The molecule has 30 heavy (non-hydrogen) atoms. The van der Waals surface area contributed by atoms with E-state index in [1.165, 1.54) is 13.8 Å². The Hall–Kier alpha value is -3.68. The molecular weight excluding hydrogens is 388 g/mol. The first kappa shape index (κ1) is 22.6. The smallest absolute Gasteiger partial charge is 0.338 e. The van der Waals surface area contributed by atoms with Gasteiger partial charge in [-0.15, -0.1) is 0 Å². The molecule has 8 nitrogen and oxygen atoms in total. The largest absolute Gasteiger partial charge is 0.449 e. The molecule has 0 unspecified atom stereocenters. The van der Waals surface area contributed by atoms with Crippen LogP contribution in [-0.2, 0) is 14.3 Å². The molecule has 0 aliphatic heterocycles. The van der Waals surface area contributed by atoms with Gasteiger partial charge in [0.25, 0.3) is 5.91 Å². The SMILES string of the molecule is CC(=O)Oc1ccc(-c2ccc(C(=O)O[C@H](C)C(=O)NC(=O)NC(C)C)cc2)cc1. The standard InChI is InChI=1S/C22H24N2O6/c1-13(2)23-22(28)24-20(26)14(3)29-21(27)18-7-5-16(6-8-18)17-9-11-19(12-10-17)30-15(4)25/h5-14H,1-4H3,(H2,23,24,26,28)/t14-/m1/s1. The normalized spacial score (nSPS) is 11.4. The van der Waals surface area contributed by atoms with Gasteiger partial charge in [-0.1, -0.05) is 24.3 Å². The van der Waals surface area contributed by atoms with Crippen molar-refractivity contribution in [1.29, 1.82) is 0 Å². The second kappa shape index (κ2) is 10.2. The molecule has 1 atom stereocenters. The van der Waals surface area contributed by atoms with Gasteiger partial charge in [0, 0.05) is 13.0 Å². The van der Waals surface area contributed by atoms with Crippen molar-refractivity contribution in [2.45, 2.75) is 39.8 Å². The van der Waals surface area contributed by atoms with Crippen LogP contribution in [-0.4, -0.2) is 36.0 Å². The molecular formula is C22H24N2O6. The van der Waals surface area contributed by atoms with E-state index in [0.29, 0.717) is 5.75 Å². The van der Waals surface area contributed by atoms with Crippen LogP contribution in [0.5, 0.6) is 5.75 Å². The van der Waals surface area contributed by atoms with Gasteiger partial charge in [0.15, 0.2) is 6.10 Å². The first-order valence-corrected chi connectivity index (χ1v) is 9.37. The molecule has 0 bridgehead atoms. The Bertz CT molecular complexity index is 920. The molecule has 0 fully saturated rings. The van der Waals surface area contributed by atoms with Crippen molar-refractivity contribution in [2.24, 2.45) is 0 Å². The van der Waals surface area contributed by atoms with Crippen molar-refractivity contribution in [1.82, 2.24) is 10.6 Å². The van der Waals surface area contributed by atoms with Gasteiger partial charge in [-0.05, 0) is 56.2 Å². The highest BCUT2D eigenvalue weighted by Crippen LogP contribution is 2.23. The first-order chi connectivity index (χ1) is 14.2. The minimum absolute atomic E-state index is 0.132. The van der Waals surface area contributed by atoms with Gasteiger partial charge < -0.3 is 14.8 Å². The Morgan fingerprint density at radius 2 is 1.37 bits per heavy atom. The van der Waals surface area contributed by atoms with Crippen LogP contribution in [0.25, 0.3) is 11.1 Å². The number of carbonyl (C=O) groups excluding carboxylic acids is 4. The summed E-state index contributed by atoms with van der Waals surface area (Å²) in [5.41, 5.74) is 1.98. The number of amides is 3. The monoisotopic (exact) mass is 412 g/mol. The summed E-state index contributed by atoms with van der Waals surface area (Å²) in [5.74, 6) is -1.35. The van der Waals surface area contributed by atoms with E-state index in [1.54, 1.807) is 62.4 Å². The summed E-state index contributed by atoms with van der Waals surface area (Å²) in [4.78, 5) is 46.8. The van der Waals surface area contributed by atoms with Crippen molar-refractivity contribution >= 4 is 23.9 Å². The molecule has 0 saturated heterocycles. The van der Waals surface area contributed by atoms with Crippen LogP contribution in [0.15, 0.2) is 48.5 Å². The van der Waals surface area contributed by atoms with E-state index in [9.17, 15) is 19.2 Å². The summed E-state index contributed by atoms with van der Waals surface area (Å²) in [7, 11) is 0. The maximum atomic E-state index is 12.3. The number of nitrogens with one attached hydrogen (secondary N) is 2. The zero-order valence-corrected chi connectivity index (χ0v) is 17.2. The van der Waals surface area contributed by atoms with E-state index in [-0.39, 0.29) is 11.6 Å². The van der Waals surface area contributed by atoms with Crippen LogP contribution >= 0.6 is 0 Å². The number of benzene rings is 2. The molecule has 0 saturated carbocycles.